The van der Waals surface area contributed by atoms with Crippen molar-refractivity contribution >= 4 is 34.1 Å². The Bertz CT molecular complexity index is 934. The first kappa shape index (κ1) is 16.0. The highest BCUT2D eigenvalue weighted by Crippen LogP contribution is 2.37. The minimum Gasteiger partial charge on any atom is -0.493 e. The van der Waals surface area contributed by atoms with E-state index in [1.54, 1.807) is 41.9 Å². The molecule has 0 atom stereocenters. The summed E-state index contributed by atoms with van der Waals surface area (Å²) < 4.78 is 6.88. The van der Waals surface area contributed by atoms with Crippen LogP contribution in [-0.2, 0) is 11.8 Å². The van der Waals surface area contributed by atoms with Crippen LogP contribution >= 0.6 is 11.6 Å². The SMILES string of the molecule is Cn1c(O)c(N=NC(=O)COc2ccccc2Cl)c2ccccc21. The lowest BCUT2D eigenvalue weighted by atomic mass is 10.2. The quantitative estimate of drug-likeness (QED) is 0.720. The first-order valence-electron chi connectivity index (χ1n) is 7.16. The summed E-state index contributed by atoms with van der Waals surface area (Å²) in [6.07, 6.45) is 0. The summed E-state index contributed by atoms with van der Waals surface area (Å²) in [5.74, 6) is -0.238. The van der Waals surface area contributed by atoms with Gasteiger partial charge in [0.1, 0.15) is 5.75 Å². The van der Waals surface area contributed by atoms with Crippen LogP contribution in [0.2, 0.25) is 5.02 Å². The molecule has 3 aromatic rings. The van der Waals surface area contributed by atoms with Gasteiger partial charge in [-0.2, -0.15) is 0 Å². The second-order valence-corrected chi connectivity index (χ2v) is 5.47. The molecule has 0 saturated carbocycles. The number of aromatic nitrogens is 1. The smallest absolute Gasteiger partial charge is 0.302 e. The van der Waals surface area contributed by atoms with Crippen LogP contribution in [0.5, 0.6) is 11.6 Å². The summed E-state index contributed by atoms with van der Waals surface area (Å²) in [5.41, 5.74) is 1.04. The van der Waals surface area contributed by atoms with Gasteiger partial charge in [-0.05, 0) is 18.2 Å². The molecule has 0 spiro atoms. The van der Waals surface area contributed by atoms with Gasteiger partial charge in [-0.25, -0.2) is 0 Å². The zero-order valence-electron chi connectivity index (χ0n) is 12.8. The molecule has 0 aliphatic heterocycles. The van der Waals surface area contributed by atoms with Gasteiger partial charge in [-0.1, -0.05) is 41.9 Å². The van der Waals surface area contributed by atoms with Crippen LogP contribution < -0.4 is 4.74 Å². The summed E-state index contributed by atoms with van der Waals surface area (Å²) in [7, 11) is 1.71. The van der Waals surface area contributed by atoms with Crippen molar-refractivity contribution in [1.29, 1.82) is 0 Å². The van der Waals surface area contributed by atoms with Crippen LogP contribution in [0.15, 0.2) is 58.8 Å². The standard InChI is InChI=1S/C17H14ClN3O3/c1-21-13-8-4-2-6-11(13)16(17(21)23)20-19-15(22)10-24-14-9-5-3-7-12(14)18/h2-9,23H,10H2,1H3. The molecule has 7 heteroatoms. The maximum absolute atomic E-state index is 11.8. The van der Waals surface area contributed by atoms with E-state index >= 15 is 0 Å². The van der Waals surface area contributed by atoms with Crippen molar-refractivity contribution in [3.8, 4) is 11.6 Å². The van der Waals surface area contributed by atoms with Crippen molar-refractivity contribution in [2.45, 2.75) is 0 Å². The van der Waals surface area contributed by atoms with E-state index in [4.69, 9.17) is 16.3 Å². The molecule has 0 aliphatic carbocycles. The normalized spacial score (nSPS) is 11.2. The van der Waals surface area contributed by atoms with Crippen LogP contribution in [0.4, 0.5) is 5.69 Å². The van der Waals surface area contributed by atoms with E-state index < -0.39 is 5.91 Å². The largest absolute Gasteiger partial charge is 0.493 e. The Morgan fingerprint density at radius 1 is 1.21 bits per heavy atom. The van der Waals surface area contributed by atoms with Gasteiger partial charge in [-0.15, -0.1) is 10.2 Å². The van der Waals surface area contributed by atoms with Crippen LogP contribution in [0, 0.1) is 0 Å². The molecular weight excluding hydrogens is 330 g/mol. The maximum atomic E-state index is 11.8. The second kappa shape index (κ2) is 6.72. The molecule has 1 aromatic heterocycles. The number of hydrogen-bond donors (Lipinski definition) is 1. The van der Waals surface area contributed by atoms with Gasteiger partial charge in [0.2, 0.25) is 5.88 Å². The third-order valence-corrected chi connectivity index (χ3v) is 3.81. The number of azo groups is 1. The van der Waals surface area contributed by atoms with E-state index in [2.05, 4.69) is 10.2 Å². The summed E-state index contributed by atoms with van der Waals surface area (Å²) in [4.78, 5) is 11.8. The highest BCUT2D eigenvalue weighted by atomic mass is 35.5. The fraction of sp³-hybridized carbons (Fsp3) is 0.118. The number of benzene rings is 2. The molecule has 0 aliphatic rings. The van der Waals surface area contributed by atoms with Gasteiger partial charge in [-0.3, -0.25) is 4.79 Å². The Labute approximate surface area is 143 Å². The lowest BCUT2D eigenvalue weighted by Gasteiger charge is -2.04. The Morgan fingerprint density at radius 3 is 2.71 bits per heavy atom. The van der Waals surface area contributed by atoms with Gasteiger partial charge in [0.05, 0.1) is 10.5 Å². The summed E-state index contributed by atoms with van der Waals surface area (Å²) in [6, 6.07) is 14.2. The molecule has 6 nitrogen and oxygen atoms in total. The summed E-state index contributed by atoms with van der Waals surface area (Å²) >= 11 is 5.94. The monoisotopic (exact) mass is 343 g/mol. The number of nitrogens with zero attached hydrogens (tertiary/aromatic N) is 3. The number of rotatable bonds is 4. The summed E-state index contributed by atoms with van der Waals surface area (Å²) in [5, 5.41) is 18.7. The molecular formula is C17H14ClN3O3. The van der Waals surface area contributed by atoms with E-state index in [0.717, 1.165) is 5.52 Å². The molecule has 0 saturated heterocycles. The maximum Gasteiger partial charge on any atom is 0.302 e. The predicted octanol–water partition coefficient (Wildman–Crippen LogP) is 4.23. The van der Waals surface area contributed by atoms with Crippen molar-refractivity contribution in [3.63, 3.8) is 0 Å². The first-order valence-corrected chi connectivity index (χ1v) is 7.54. The Hall–Kier alpha value is -2.86. The molecule has 0 radical (unpaired) electrons. The van der Waals surface area contributed by atoms with Gasteiger partial charge >= 0.3 is 5.91 Å². The van der Waals surface area contributed by atoms with Crippen LogP contribution in [-0.4, -0.2) is 22.2 Å². The zero-order chi connectivity index (χ0) is 17.1. The lowest BCUT2D eigenvalue weighted by Crippen LogP contribution is -2.08. The van der Waals surface area contributed by atoms with Crippen LogP contribution in [0.25, 0.3) is 10.9 Å². The van der Waals surface area contributed by atoms with Crippen LogP contribution in [0.3, 0.4) is 0 Å². The van der Waals surface area contributed by atoms with E-state index in [-0.39, 0.29) is 18.2 Å². The molecule has 2 aromatic carbocycles. The van der Waals surface area contributed by atoms with Gasteiger partial charge in [0.15, 0.2) is 12.3 Å². The second-order valence-electron chi connectivity index (χ2n) is 5.06. The third-order valence-electron chi connectivity index (χ3n) is 3.50. The molecule has 1 heterocycles. The number of ether oxygens (including phenoxy) is 1. The molecule has 0 fully saturated rings. The number of halogens is 1. The fourth-order valence-electron chi connectivity index (χ4n) is 2.29. The lowest BCUT2D eigenvalue weighted by molar-refractivity contribution is -0.120. The molecule has 24 heavy (non-hydrogen) atoms. The predicted molar refractivity (Wildman–Crippen MR) is 91.1 cm³/mol. The van der Waals surface area contributed by atoms with E-state index in [9.17, 15) is 9.90 Å². The molecule has 0 unspecified atom stereocenters. The van der Waals surface area contributed by atoms with Crippen molar-refractivity contribution in [1.82, 2.24) is 4.57 Å². The molecule has 3 rings (SSSR count). The number of para-hydroxylation sites is 2. The van der Waals surface area contributed by atoms with Crippen molar-refractivity contribution in [2.75, 3.05) is 6.61 Å². The highest BCUT2D eigenvalue weighted by molar-refractivity contribution is 6.32. The Morgan fingerprint density at radius 2 is 1.92 bits per heavy atom. The van der Waals surface area contributed by atoms with Gasteiger partial charge < -0.3 is 14.4 Å². The fourth-order valence-corrected chi connectivity index (χ4v) is 2.48. The molecule has 0 bridgehead atoms. The average Bonchev–Trinajstić information content (AvgIpc) is 2.84. The van der Waals surface area contributed by atoms with Crippen LogP contribution in [0.1, 0.15) is 0 Å². The van der Waals surface area contributed by atoms with Crippen molar-refractivity contribution in [2.24, 2.45) is 17.3 Å². The van der Waals surface area contributed by atoms with Gasteiger partial charge in [0.25, 0.3) is 0 Å². The Kier molecular flexibility index (Phi) is 4.48. The minimum atomic E-state index is -0.581. The summed E-state index contributed by atoms with van der Waals surface area (Å²) in [6.45, 7) is -0.293. The number of amides is 1. The van der Waals surface area contributed by atoms with Gasteiger partial charge in [0, 0.05) is 12.4 Å². The zero-order valence-corrected chi connectivity index (χ0v) is 13.6. The molecule has 1 amide bonds. The third kappa shape index (κ3) is 3.09. The number of aromatic hydroxyl groups is 1. The molecule has 122 valence electrons. The Balaban J connectivity index is 1.75. The number of hydrogen-bond acceptors (Lipinski definition) is 4. The topological polar surface area (TPSA) is 76.2 Å². The molecule has 1 N–H and O–H groups in total. The van der Waals surface area contributed by atoms with E-state index in [1.807, 2.05) is 18.2 Å². The van der Waals surface area contributed by atoms with Crippen molar-refractivity contribution in [3.05, 3.63) is 53.6 Å². The van der Waals surface area contributed by atoms with Crippen molar-refractivity contribution < 1.29 is 14.6 Å². The number of carbonyl (C=O) groups excluding carboxylic acids is 1. The minimum absolute atomic E-state index is 0.0558. The first-order chi connectivity index (χ1) is 11.6. The number of carbonyl (C=O) groups is 1. The van der Waals surface area contributed by atoms with E-state index in [0.29, 0.717) is 16.2 Å². The highest BCUT2D eigenvalue weighted by Gasteiger charge is 2.14. The average molecular weight is 344 g/mol. The number of fused-ring (bicyclic) bond motifs is 1. The van der Waals surface area contributed by atoms with E-state index in [1.165, 1.54) is 0 Å². The number of aryl methyl sites for hydroxylation is 1.